The maximum atomic E-state index is 11.7. The maximum absolute atomic E-state index is 11.7. The molecule has 1 saturated carbocycles. The number of halogens is 1. The highest BCUT2D eigenvalue weighted by molar-refractivity contribution is 9.10. The van der Waals surface area contributed by atoms with Crippen LogP contribution in [0.5, 0.6) is 0 Å². The van der Waals surface area contributed by atoms with E-state index in [0.717, 1.165) is 10.9 Å². The van der Waals surface area contributed by atoms with Gasteiger partial charge in [-0.15, -0.1) is 0 Å². The molecule has 0 aliphatic heterocycles. The second-order valence-electron chi connectivity index (χ2n) is 4.56. The Balaban J connectivity index is 1.89. The molecule has 1 fully saturated rings. The molecule has 0 radical (unpaired) electrons. The highest BCUT2D eigenvalue weighted by atomic mass is 79.9. The first kappa shape index (κ1) is 13.4. The lowest BCUT2D eigenvalue weighted by Gasteiger charge is -2.16. The maximum Gasteiger partial charge on any atom is 0.317 e. The fourth-order valence-corrected chi connectivity index (χ4v) is 2.57. The normalized spacial score (nSPS) is 21.5. The Hall–Kier alpha value is -1.07. The van der Waals surface area contributed by atoms with Crippen LogP contribution in [0.1, 0.15) is 17.9 Å². The van der Waals surface area contributed by atoms with Crippen molar-refractivity contribution >= 4 is 22.0 Å². The Morgan fingerprint density at radius 1 is 1.56 bits per heavy atom. The second kappa shape index (κ2) is 5.71. The van der Waals surface area contributed by atoms with Crippen molar-refractivity contribution in [2.75, 3.05) is 20.2 Å². The van der Waals surface area contributed by atoms with Crippen molar-refractivity contribution in [1.29, 1.82) is 0 Å². The van der Waals surface area contributed by atoms with Crippen LogP contribution >= 0.6 is 15.9 Å². The third-order valence-corrected chi connectivity index (χ3v) is 3.91. The molecular weight excluding hydrogens is 296 g/mol. The van der Waals surface area contributed by atoms with Gasteiger partial charge in [0.25, 0.3) is 0 Å². The van der Waals surface area contributed by atoms with Crippen LogP contribution in [-0.2, 0) is 0 Å². The number of urea groups is 1. The first-order chi connectivity index (χ1) is 8.63. The van der Waals surface area contributed by atoms with Crippen molar-refractivity contribution in [3.05, 3.63) is 34.3 Å². The molecule has 1 aromatic rings. The molecule has 0 aromatic heterocycles. The minimum atomic E-state index is -0.122. The summed E-state index contributed by atoms with van der Waals surface area (Å²) >= 11 is 3.53. The summed E-state index contributed by atoms with van der Waals surface area (Å²) < 4.78 is 1.09. The van der Waals surface area contributed by atoms with Gasteiger partial charge in [-0.1, -0.05) is 34.1 Å². The second-order valence-corrected chi connectivity index (χ2v) is 5.42. The quantitative estimate of drug-likeness (QED) is 0.892. The first-order valence-electron chi connectivity index (χ1n) is 6.00. The van der Waals surface area contributed by atoms with Crippen molar-refractivity contribution < 1.29 is 9.90 Å². The monoisotopic (exact) mass is 312 g/mol. The number of hydrogen-bond acceptors (Lipinski definition) is 2. The molecule has 2 unspecified atom stereocenters. The predicted molar refractivity (Wildman–Crippen MR) is 73.5 cm³/mol. The van der Waals surface area contributed by atoms with Gasteiger partial charge in [-0.2, -0.15) is 0 Å². The molecule has 1 aliphatic rings. The number of hydrogen-bond donors (Lipinski definition) is 2. The van der Waals surface area contributed by atoms with E-state index in [2.05, 4.69) is 27.3 Å². The van der Waals surface area contributed by atoms with E-state index in [0.29, 0.717) is 12.5 Å². The van der Waals surface area contributed by atoms with Gasteiger partial charge in [0.2, 0.25) is 0 Å². The fraction of sp³-hybridized carbons (Fsp3) is 0.462. The zero-order valence-electron chi connectivity index (χ0n) is 10.3. The number of likely N-dealkylation sites (N-methyl/N-ethyl adjacent to an activating group) is 1. The Bertz CT molecular complexity index is 439. The van der Waals surface area contributed by atoms with Crippen molar-refractivity contribution in [2.24, 2.45) is 0 Å². The molecule has 5 heteroatoms. The summed E-state index contributed by atoms with van der Waals surface area (Å²) in [6.45, 7) is 0.348. The van der Waals surface area contributed by atoms with E-state index in [4.69, 9.17) is 5.11 Å². The minimum Gasteiger partial charge on any atom is -0.395 e. The lowest BCUT2D eigenvalue weighted by atomic mass is 10.1. The Morgan fingerprint density at radius 3 is 2.94 bits per heavy atom. The van der Waals surface area contributed by atoms with Crippen molar-refractivity contribution in [1.82, 2.24) is 10.2 Å². The van der Waals surface area contributed by atoms with E-state index in [1.54, 1.807) is 7.05 Å². The number of nitrogens with one attached hydrogen (secondary N) is 1. The molecule has 2 N–H and O–H groups in total. The summed E-state index contributed by atoms with van der Waals surface area (Å²) in [5, 5.41) is 11.7. The van der Waals surface area contributed by atoms with Crippen LogP contribution in [0.25, 0.3) is 0 Å². The third kappa shape index (κ3) is 3.03. The average Bonchev–Trinajstić information content (AvgIpc) is 3.09. The molecule has 0 spiro atoms. The van der Waals surface area contributed by atoms with E-state index in [-0.39, 0.29) is 18.7 Å². The number of carbonyl (C=O) groups is 1. The highest BCUT2D eigenvalue weighted by Crippen LogP contribution is 2.43. The molecule has 4 nitrogen and oxygen atoms in total. The van der Waals surface area contributed by atoms with Gasteiger partial charge in [0.15, 0.2) is 0 Å². The third-order valence-electron chi connectivity index (χ3n) is 3.19. The number of rotatable bonds is 4. The van der Waals surface area contributed by atoms with Gasteiger partial charge in [-0.25, -0.2) is 4.79 Å². The van der Waals surface area contributed by atoms with Gasteiger partial charge in [0, 0.05) is 30.0 Å². The molecule has 2 atom stereocenters. The molecule has 2 rings (SSSR count). The van der Waals surface area contributed by atoms with E-state index in [9.17, 15) is 4.79 Å². The number of carbonyl (C=O) groups excluding carboxylic acids is 1. The molecule has 2 amide bonds. The Morgan fingerprint density at radius 2 is 2.28 bits per heavy atom. The van der Waals surface area contributed by atoms with Gasteiger partial charge in [-0.05, 0) is 18.1 Å². The number of benzene rings is 1. The van der Waals surface area contributed by atoms with Crippen molar-refractivity contribution in [3.63, 3.8) is 0 Å². The molecule has 0 heterocycles. The fourth-order valence-electron chi connectivity index (χ4n) is 1.99. The zero-order valence-corrected chi connectivity index (χ0v) is 11.9. The van der Waals surface area contributed by atoms with Crippen molar-refractivity contribution in [3.8, 4) is 0 Å². The standard InChI is InChI=1S/C13H17BrN2O2/c1-16(6-7-17)13(18)15-12-8-10(12)9-4-2-3-5-11(9)14/h2-5,10,12,17H,6-8H2,1H3,(H,15,18). The molecule has 0 saturated heterocycles. The molecule has 1 aliphatic carbocycles. The van der Waals surface area contributed by atoms with Crippen molar-refractivity contribution in [2.45, 2.75) is 18.4 Å². The minimum absolute atomic E-state index is 0.0117. The summed E-state index contributed by atoms with van der Waals surface area (Å²) in [5.74, 6) is 0.395. The summed E-state index contributed by atoms with van der Waals surface area (Å²) in [6, 6.07) is 8.18. The summed E-state index contributed by atoms with van der Waals surface area (Å²) in [6.07, 6.45) is 0.974. The van der Waals surface area contributed by atoms with Gasteiger partial charge >= 0.3 is 6.03 Å². The number of aliphatic hydroxyl groups is 1. The average molecular weight is 313 g/mol. The smallest absolute Gasteiger partial charge is 0.317 e. The number of nitrogens with zero attached hydrogens (tertiary/aromatic N) is 1. The largest absolute Gasteiger partial charge is 0.395 e. The van der Waals surface area contributed by atoms with Crippen LogP contribution in [0, 0.1) is 0 Å². The SMILES string of the molecule is CN(CCO)C(=O)NC1CC1c1ccccc1Br. The highest BCUT2D eigenvalue weighted by Gasteiger charge is 2.40. The molecule has 18 heavy (non-hydrogen) atoms. The van der Waals surface area contributed by atoms with Crippen LogP contribution in [0.15, 0.2) is 28.7 Å². The Kier molecular flexibility index (Phi) is 4.24. The number of amides is 2. The van der Waals surface area contributed by atoms with E-state index >= 15 is 0 Å². The summed E-state index contributed by atoms with van der Waals surface area (Å²) in [4.78, 5) is 13.2. The van der Waals surface area contributed by atoms with Crippen LogP contribution in [0.2, 0.25) is 0 Å². The van der Waals surface area contributed by atoms with E-state index < -0.39 is 0 Å². The van der Waals surface area contributed by atoms with Gasteiger partial charge < -0.3 is 15.3 Å². The molecular formula is C13H17BrN2O2. The molecule has 98 valence electrons. The van der Waals surface area contributed by atoms with E-state index in [1.807, 2.05) is 18.2 Å². The van der Waals surface area contributed by atoms with Crippen LogP contribution in [-0.4, -0.2) is 42.3 Å². The molecule has 0 bridgehead atoms. The Labute approximate surface area is 115 Å². The zero-order chi connectivity index (χ0) is 13.1. The lowest BCUT2D eigenvalue weighted by Crippen LogP contribution is -2.40. The predicted octanol–water partition coefficient (Wildman–Crippen LogP) is 1.94. The van der Waals surface area contributed by atoms with Crippen LogP contribution < -0.4 is 5.32 Å². The lowest BCUT2D eigenvalue weighted by molar-refractivity contribution is 0.190. The topological polar surface area (TPSA) is 52.6 Å². The summed E-state index contributed by atoms with van der Waals surface area (Å²) in [7, 11) is 1.68. The molecule has 1 aromatic carbocycles. The van der Waals surface area contributed by atoms with Crippen LogP contribution in [0.3, 0.4) is 0 Å². The van der Waals surface area contributed by atoms with Gasteiger partial charge in [-0.3, -0.25) is 0 Å². The van der Waals surface area contributed by atoms with E-state index in [1.165, 1.54) is 10.5 Å². The number of aliphatic hydroxyl groups excluding tert-OH is 1. The van der Waals surface area contributed by atoms with Crippen LogP contribution in [0.4, 0.5) is 4.79 Å². The van der Waals surface area contributed by atoms with Gasteiger partial charge in [0.05, 0.1) is 6.61 Å². The van der Waals surface area contributed by atoms with Gasteiger partial charge in [0.1, 0.15) is 0 Å². The summed E-state index contributed by atoms with van der Waals surface area (Å²) in [5.41, 5.74) is 1.24. The first-order valence-corrected chi connectivity index (χ1v) is 6.79.